The Morgan fingerprint density at radius 2 is 0.837 bits per heavy atom. The summed E-state index contributed by atoms with van der Waals surface area (Å²) in [4.78, 5) is 0.924. The summed E-state index contributed by atoms with van der Waals surface area (Å²) in [6.45, 7) is 1.89. The van der Waals surface area contributed by atoms with Crippen LogP contribution in [0.5, 0.6) is 5.75 Å². The first-order valence-electron chi connectivity index (χ1n) is 14.4. The topological polar surface area (TPSA) is 40.5 Å². The summed E-state index contributed by atoms with van der Waals surface area (Å²) in [6.07, 6.45) is 0. The van der Waals surface area contributed by atoms with Crippen molar-refractivity contribution in [2.75, 3.05) is 0 Å². The van der Waals surface area contributed by atoms with E-state index < -0.39 is 10.8 Å². The van der Waals surface area contributed by atoms with E-state index in [1.807, 2.05) is 36.6 Å². The van der Waals surface area contributed by atoms with Crippen LogP contribution in [0.25, 0.3) is 66.1 Å². The molecule has 0 aromatic heterocycles. The number of aromatic hydroxyl groups is 1. The van der Waals surface area contributed by atoms with Gasteiger partial charge in [0.2, 0.25) is 0 Å². The molecule has 0 aliphatic heterocycles. The van der Waals surface area contributed by atoms with Crippen LogP contribution in [0.3, 0.4) is 0 Å². The molecule has 43 heavy (non-hydrogen) atoms. The summed E-state index contributed by atoms with van der Waals surface area (Å²) in [5.74, 6) is 0.271. The lowest BCUT2D eigenvalue weighted by Gasteiger charge is -2.18. The van der Waals surface area contributed by atoms with E-state index in [1.54, 1.807) is 12.1 Å². The lowest BCUT2D eigenvalue weighted by Crippen LogP contribution is -1.91. The highest BCUT2D eigenvalue weighted by molar-refractivity contribution is 8.10. The van der Waals surface area contributed by atoms with Gasteiger partial charge in [-0.25, -0.2) is 0 Å². The van der Waals surface area contributed by atoms with E-state index in [1.165, 1.54) is 43.8 Å². The standard InChI is InChI=1S/C40H30O2S/c1-2-43(42)34-9-7-8-32(26-34)29-16-20-31(21-17-29)40-37-12-5-3-10-35(37)39(36-11-4-6-13-38(36)40)30-18-14-27(15-19-30)28-22-24-33(41)25-23-28/h2-26,41-42H,1H3. The van der Waals surface area contributed by atoms with Gasteiger partial charge in [0.05, 0.1) is 0 Å². The zero-order chi connectivity index (χ0) is 29.3. The Morgan fingerprint density at radius 1 is 0.442 bits per heavy atom. The molecule has 0 heterocycles. The first-order chi connectivity index (χ1) is 21.1. The SMILES string of the molecule is CC=S(O)c1cccc(-c2ccc(-c3c4ccccc4c(-c4ccc(-c5ccc(O)cc5)cc4)c4ccccc34)cc2)c1. The molecule has 2 N–H and O–H groups in total. The van der Waals surface area contributed by atoms with Crippen LogP contribution >= 0.6 is 10.8 Å². The Bertz CT molecular complexity index is 2070. The largest absolute Gasteiger partial charge is 0.508 e. The maximum atomic E-state index is 10.3. The molecule has 0 radical (unpaired) electrons. The number of phenolic OH excluding ortho intramolecular Hbond substituents is 1. The lowest BCUT2D eigenvalue weighted by molar-refractivity contribution is 0.475. The molecule has 0 aliphatic rings. The molecule has 208 valence electrons. The van der Waals surface area contributed by atoms with Gasteiger partial charge >= 0.3 is 0 Å². The first-order valence-corrected chi connectivity index (χ1v) is 15.6. The highest BCUT2D eigenvalue weighted by Gasteiger charge is 2.16. The highest BCUT2D eigenvalue weighted by Crippen LogP contribution is 2.44. The van der Waals surface area contributed by atoms with Gasteiger partial charge < -0.3 is 9.66 Å². The van der Waals surface area contributed by atoms with E-state index in [-0.39, 0.29) is 5.75 Å². The van der Waals surface area contributed by atoms with E-state index in [0.29, 0.717) is 0 Å². The molecule has 1 atom stereocenters. The Hall–Kier alpha value is -4.96. The quantitative estimate of drug-likeness (QED) is 0.159. The van der Waals surface area contributed by atoms with Crippen LogP contribution < -0.4 is 0 Å². The molecule has 7 aromatic carbocycles. The molecule has 0 amide bonds. The average molecular weight is 575 g/mol. The van der Waals surface area contributed by atoms with Crippen LogP contribution in [-0.2, 0) is 0 Å². The number of phenols is 1. The van der Waals surface area contributed by atoms with Crippen LogP contribution in [0.4, 0.5) is 0 Å². The van der Waals surface area contributed by atoms with Crippen LogP contribution in [0.15, 0.2) is 150 Å². The minimum absolute atomic E-state index is 0.271. The van der Waals surface area contributed by atoms with Gasteiger partial charge in [-0.05, 0) is 113 Å². The Morgan fingerprint density at radius 3 is 1.28 bits per heavy atom. The summed E-state index contributed by atoms with van der Waals surface area (Å²) >= 11 is 0. The van der Waals surface area contributed by atoms with Crippen molar-refractivity contribution in [2.24, 2.45) is 0 Å². The maximum absolute atomic E-state index is 10.3. The number of fused-ring (bicyclic) bond motifs is 2. The summed E-state index contributed by atoms with van der Waals surface area (Å²) in [6, 6.07) is 50.4. The Labute approximate surface area is 254 Å². The van der Waals surface area contributed by atoms with Crippen molar-refractivity contribution in [3.8, 4) is 50.3 Å². The molecule has 0 fully saturated rings. The second-order valence-corrected chi connectivity index (χ2v) is 12.2. The predicted molar refractivity (Wildman–Crippen MR) is 185 cm³/mol. The van der Waals surface area contributed by atoms with E-state index in [0.717, 1.165) is 27.1 Å². The van der Waals surface area contributed by atoms with Crippen molar-refractivity contribution in [1.82, 2.24) is 0 Å². The van der Waals surface area contributed by atoms with Crippen molar-refractivity contribution in [3.63, 3.8) is 0 Å². The summed E-state index contributed by atoms with van der Waals surface area (Å²) in [5, 5.41) is 16.4. The monoisotopic (exact) mass is 574 g/mol. The van der Waals surface area contributed by atoms with Gasteiger partial charge in [-0.1, -0.05) is 121 Å². The van der Waals surface area contributed by atoms with Crippen molar-refractivity contribution >= 4 is 37.7 Å². The fourth-order valence-corrected chi connectivity index (χ4v) is 6.74. The zero-order valence-electron chi connectivity index (χ0n) is 23.7. The number of hydrogen-bond acceptors (Lipinski definition) is 2. The average Bonchev–Trinajstić information content (AvgIpc) is 3.07. The summed E-state index contributed by atoms with van der Waals surface area (Å²) in [7, 11) is -0.854. The van der Waals surface area contributed by atoms with Gasteiger partial charge in [-0.2, -0.15) is 0 Å². The molecular formula is C40H30O2S. The second kappa shape index (κ2) is 11.4. The van der Waals surface area contributed by atoms with Crippen LogP contribution in [0.1, 0.15) is 6.92 Å². The molecule has 3 heteroatoms. The molecule has 0 aliphatic carbocycles. The van der Waals surface area contributed by atoms with E-state index >= 15 is 0 Å². The van der Waals surface area contributed by atoms with Gasteiger partial charge in [0.15, 0.2) is 0 Å². The van der Waals surface area contributed by atoms with Gasteiger partial charge in [-0.3, -0.25) is 0 Å². The van der Waals surface area contributed by atoms with Crippen LogP contribution in [0.2, 0.25) is 0 Å². The van der Waals surface area contributed by atoms with Crippen molar-refractivity contribution in [1.29, 1.82) is 0 Å². The molecule has 7 aromatic rings. The third-order valence-corrected chi connectivity index (χ3v) is 9.29. The van der Waals surface area contributed by atoms with Crippen molar-refractivity contribution in [2.45, 2.75) is 11.8 Å². The summed E-state index contributed by atoms with van der Waals surface area (Å²) in [5.41, 5.74) is 9.21. The number of benzene rings is 7. The van der Waals surface area contributed by atoms with Gasteiger partial charge in [0.25, 0.3) is 0 Å². The second-order valence-electron chi connectivity index (χ2n) is 10.6. The molecule has 1 unspecified atom stereocenters. The lowest BCUT2D eigenvalue weighted by atomic mass is 9.85. The first kappa shape index (κ1) is 26.9. The third-order valence-electron chi connectivity index (χ3n) is 8.11. The predicted octanol–water partition coefficient (Wildman–Crippen LogP) is 11.3. The zero-order valence-corrected chi connectivity index (χ0v) is 24.6. The van der Waals surface area contributed by atoms with Gasteiger partial charge in [0, 0.05) is 4.90 Å². The molecule has 0 saturated carbocycles. The van der Waals surface area contributed by atoms with E-state index in [9.17, 15) is 9.66 Å². The third kappa shape index (κ3) is 5.03. The molecule has 0 spiro atoms. The van der Waals surface area contributed by atoms with Crippen molar-refractivity contribution in [3.05, 3.63) is 146 Å². The molecule has 0 bridgehead atoms. The van der Waals surface area contributed by atoms with E-state index in [4.69, 9.17) is 0 Å². The van der Waals surface area contributed by atoms with Gasteiger partial charge in [-0.15, -0.1) is 0 Å². The smallest absolute Gasteiger partial charge is 0.115 e. The minimum Gasteiger partial charge on any atom is -0.508 e. The molecular weight excluding hydrogens is 545 g/mol. The molecule has 0 saturated heterocycles. The Balaban J connectivity index is 1.36. The molecule has 7 rings (SSSR count). The fourth-order valence-electron chi connectivity index (χ4n) is 6.00. The van der Waals surface area contributed by atoms with Crippen LogP contribution in [0, 0.1) is 0 Å². The maximum Gasteiger partial charge on any atom is 0.115 e. The van der Waals surface area contributed by atoms with Crippen LogP contribution in [-0.4, -0.2) is 15.0 Å². The van der Waals surface area contributed by atoms with Crippen molar-refractivity contribution < 1.29 is 9.66 Å². The minimum atomic E-state index is -0.854. The van der Waals surface area contributed by atoms with Gasteiger partial charge in [0.1, 0.15) is 5.75 Å². The highest BCUT2D eigenvalue weighted by atomic mass is 32.2. The fraction of sp³-hybridized carbons (Fsp3) is 0.0250. The normalized spacial score (nSPS) is 12.1. The molecule has 2 nitrogen and oxygen atoms in total. The number of hydrogen-bond donors (Lipinski definition) is 2. The number of rotatable bonds is 5. The van der Waals surface area contributed by atoms with E-state index in [2.05, 4.69) is 109 Å². The summed E-state index contributed by atoms with van der Waals surface area (Å²) < 4.78 is 10.3. The Kier molecular flexibility index (Phi) is 7.12.